The van der Waals surface area contributed by atoms with Gasteiger partial charge in [0.15, 0.2) is 23.1 Å². The molecule has 3 aromatic rings. The second-order valence-electron chi connectivity index (χ2n) is 4.12. The Hall–Kier alpha value is -2.57. The van der Waals surface area contributed by atoms with Gasteiger partial charge in [0.2, 0.25) is 0 Å². The first-order chi connectivity index (χ1) is 9.06. The summed E-state index contributed by atoms with van der Waals surface area (Å²) in [4.78, 5) is 0. The van der Waals surface area contributed by atoms with Gasteiger partial charge in [0.1, 0.15) is 0 Å². The molecule has 0 saturated carbocycles. The van der Waals surface area contributed by atoms with E-state index in [1.165, 1.54) is 4.52 Å². The maximum absolute atomic E-state index is 13.3. The molecule has 0 aliphatic heterocycles. The van der Waals surface area contributed by atoms with E-state index in [2.05, 4.69) is 15.3 Å². The van der Waals surface area contributed by atoms with E-state index in [1.54, 1.807) is 19.1 Å². The van der Waals surface area contributed by atoms with E-state index in [9.17, 15) is 8.78 Å². The van der Waals surface area contributed by atoms with Crippen molar-refractivity contribution in [2.24, 2.45) is 0 Å². The molecule has 19 heavy (non-hydrogen) atoms. The molecule has 0 saturated heterocycles. The fraction of sp³-hybridized carbons (Fsp3) is 0.0833. The minimum atomic E-state index is -1.00. The zero-order chi connectivity index (χ0) is 13.6. The molecule has 5 nitrogen and oxygen atoms in total. The first kappa shape index (κ1) is 11.5. The van der Waals surface area contributed by atoms with E-state index in [-0.39, 0.29) is 17.1 Å². The molecule has 2 heterocycles. The lowest BCUT2D eigenvalue weighted by Gasteiger charge is -2.04. The van der Waals surface area contributed by atoms with Crippen molar-refractivity contribution in [3.63, 3.8) is 0 Å². The predicted molar refractivity (Wildman–Crippen MR) is 65.3 cm³/mol. The van der Waals surface area contributed by atoms with Crippen molar-refractivity contribution in [3.05, 3.63) is 41.6 Å². The second kappa shape index (κ2) is 3.98. The molecule has 1 aromatic carbocycles. The average Bonchev–Trinajstić information content (AvgIpc) is 2.76. The maximum atomic E-state index is 13.3. The van der Waals surface area contributed by atoms with E-state index in [0.717, 1.165) is 17.8 Å². The van der Waals surface area contributed by atoms with Crippen molar-refractivity contribution >= 4 is 11.3 Å². The average molecular weight is 261 g/mol. The first-order valence-corrected chi connectivity index (χ1v) is 5.50. The first-order valence-electron chi connectivity index (χ1n) is 5.50. The Balaban J connectivity index is 2.30. The summed E-state index contributed by atoms with van der Waals surface area (Å²) in [6.45, 7) is 1.80. The van der Waals surface area contributed by atoms with Gasteiger partial charge in [-0.3, -0.25) is 0 Å². The molecule has 0 atom stereocenters. The zero-order valence-electron chi connectivity index (χ0n) is 9.93. The highest BCUT2D eigenvalue weighted by Gasteiger charge is 2.15. The van der Waals surface area contributed by atoms with Gasteiger partial charge in [0.25, 0.3) is 0 Å². The minimum Gasteiger partial charge on any atom is -0.398 e. The molecule has 0 radical (unpaired) electrons. The van der Waals surface area contributed by atoms with Crippen LogP contribution in [0.1, 0.15) is 5.69 Å². The van der Waals surface area contributed by atoms with Crippen molar-refractivity contribution in [2.75, 3.05) is 5.73 Å². The van der Waals surface area contributed by atoms with E-state index < -0.39 is 11.6 Å². The third kappa shape index (κ3) is 1.79. The number of fused-ring (bicyclic) bond motifs is 1. The highest BCUT2D eigenvalue weighted by atomic mass is 19.2. The Bertz CT molecular complexity index is 781. The Labute approximate surface area is 106 Å². The summed E-state index contributed by atoms with van der Waals surface area (Å²) in [5.74, 6) is -1.72. The third-order valence-electron chi connectivity index (χ3n) is 2.73. The lowest BCUT2D eigenvalue weighted by atomic mass is 10.1. The van der Waals surface area contributed by atoms with Crippen LogP contribution in [0.25, 0.3) is 17.0 Å². The molecule has 0 fully saturated rings. The number of anilines is 1. The highest BCUT2D eigenvalue weighted by Crippen LogP contribution is 2.26. The predicted octanol–water partition coefficient (Wildman–Crippen LogP) is 1.96. The fourth-order valence-corrected chi connectivity index (χ4v) is 1.80. The van der Waals surface area contributed by atoms with Gasteiger partial charge in [-0.25, -0.2) is 8.78 Å². The van der Waals surface area contributed by atoms with Crippen molar-refractivity contribution in [3.8, 4) is 11.4 Å². The van der Waals surface area contributed by atoms with Gasteiger partial charge in [-0.1, -0.05) is 0 Å². The van der Waals surface area contributed by atoms with Crippen LogP contribution in [0.2, 0.25) is 0 Å². The molecule has 0 bridgehead atoms. The van der Waals surface area contributed by atoms with Crippen LogP contribution in [0.15, 0.2) is 24.3 Å². The fourth-order valence-electron chi connectivity index (χ4n) is 1.80. The van der Waals surface area contributed by atoms with Gasteiger partial charge in [-0.15, -0.1) is 10.2 Å². The molecule has 96 valence electrons. The van der Waals surface area contributed by atoms with Crippen molar-refractivity contribution in [1.29, 1.82) is 0 Å². The monoisotopic (exact) mass is 261 g/mol. The number of hydrogen-bond acceptors (Lipinski definition) is 4. The molecular formula is C12H9F2N5. The van der Waals surface area contributed by atoms with Gasteiger partial charge in [0.05, 0.1) is 5.69 Å². The van der Waals surface area contributed by atoms with E-state index in [0.29, 0.717) is 5.65 Å². The van der Waals surface area contributed by atoms with Gasteiger partial charge in [0, 0.05) is 17.3 Å². The zero-order valence-corrected chi connectivity index (χ0v) is 9.93. The summed E-state index contributed by atoms with van der Waals surface area (Å²) in [6, 6.07) is 5.42. The number of nitrogens with two attached hydrogens (primary N) is 1. The molecule has 0 aliphatic rings. The Morgan fingerprint density at radius 2 is 1.84 bits per heavy atom. The van der Waals surface area contributed by atoms with Crippen LogP contribution in [-0.4, -0.2) is 19.8 Å². The summed E-state index contributed by atoms with van der Waals surface area (Å²) < 4.78 is 27.8. The number of rotatable bonds is 1. The smallest absolute Gasteiger partial charge is 0.187 e. The van der Waals surface area contributed by atoms with Gasteiger partial charge in [-0.05, 0) is 25.1 Å². The number of nitrogen functional groups attached to an aromatic ring is 1. The van der Waals surface area contributed by atoms with E-state index in [1.807, 2.05) is 0 Å². The lowest BCUT2D eigenvalue weighted by Crippen LogP contribution is -2.00. The third-order valence-corrected chi connectivity index (χ3v) is 2.73. The standard InChI is InChI=1S/C12H9F2N5/c1-6-2-3-11-16-17-12(19(11)18-6)7-4-8(13)9(14)5-10(7)15/h2-5H,15H2,1H3. The number of benzene rings is 1. The van der Waals surface area contributed by atoms with Crippen LogP contribution >= 0.6 is 0 Å². The van der Waals surface area contributed by atoms with Gasteiger partial charge < -0.3 is 5.73 Å². The Morgan fingerprint density at radius 3 is 2.63 bits per heavy atom. The van der Waals surface area contributed by atoms with Crippen LogP contribution in [0.4, 0.5) is 14.5 Å². The van der Waals surface area contributed by atoms with Crippen molar-refractivity contribution < 1.29 is 8.78 Å². The summed E-state index contributed by atoms with van der Waals surface area (Å²) in [6.07, 6.45) is 0. The number of halogens is 2. The molecule has 2 N–H and O–H groups in total. The molecule has 7 heteroatoms. The summed E-state index contributed by atoms with van der Waals surface area (Å²) in [5, 5.41) is 12.1. The lowest BCUT2D eigenvalue weighted by molar-refractivity contribution is 0.509. The van der Waals surface area contributed by atoms with Crippen molar-refractivity contribution in [2.45, 2.75) is 6.92 Å². The molecule has 3 rings (SSSR count). The van der Waals surface area contributed by atoms with E-state index >= 15 is 0 Å². The number of hydrogen-bond donors (Lipinski definition) is 1. The van der Waals surface area contributed by atoms with Crippen LogP contribution in [0.3, 0.4) is 0 Å². The number of aryl methyl sites for hydroxylation is 1. The normalized spacial score (nSPS) is 11.1. The van der Waals surface area contributed by atoms with Crippen LogP contribution < -0.4 is 5.73 Å². The van der Waals surface area contributed by atoms with E-state index in [4.69, 9.17) is 5.73 Å². The van der Waals surface area contributed by atoms with Crippen molar-refractivity contribution in [1.82, 2.24) is 19.8 Å². The highest BCUT2D eigenvalue weighted by molar-refractivity contribution is 5.72. The molecule has 0 spiro atoms. The second-order valence-corrected chi connectivity index (χ2v) is 4.12. The van der Waals surface area contributed by atoms with Crippen LogP contribution in [0, 0.1) is 18.6 Å². The summed E-state index contributed by atoms with van der Waals surface area (Å²) >= 11 is 0. The van der Waals surface area contributed by atoms with Crippen LogP contribution in [-0.2, 0) is 0 Å². The maximum Gasteiger partial charge on any atom is 0.187 e. The molecule has 0 unspecified atom stereocenters. The number of nitrogens with zero attached hydrogens (tertiary/aromatic N) is 4. The summed E-state index contributed by atoms with van der Waals surface area (Å²) in [7, 11) is 0. The molecule has 0 amide bonds. The Morgan fingerprint density at radius 1 is 1.11 bits per heavy atom. The Kier molecular flexibility index (Phi) is 2.41. The minimum absolute atomic E-state index is 0.0801. The van der Waals surface area contributed by atoms with Gasteiger partial charge in [-0.2, -0.15) is 9.61 Å². The van der Waals surface area contributed by atoms with Gasteiger partial charge >= 0.3 is 0 Å². The SMILES string of the molecule is Cc1ccc2nnc(-c3cc(F)c(F)cc3N)n2n1. The number of aromatic nitrogens is 4. The quantitative estimate of drug-likeness (QED) is 0.680. The molecule has 0 aliphatic carbocycles. The largest absolute Gasteiger partial charge is 0.398 e. The molecule has 2 aromatic heterocycles. The molecular weight excluding hydrogens is 252 g/mol. The van der Waals surface area contributed by atoms with Crippen LogP contribution in [0.5, 0.6) is 0 Å². The topological polar surface area (TPSA) is 69.1 Å². The summed E-state index contributed by atoms with van der Waals surface area (Å²) in [5.41, 5.74) is 7.28.